The molecule has 94 valence electrons. The average Bonchev–Trinajstić information content (AvgIpc) is 2.40. The highest BCUT2D eigenvalue weighted by Gasteiger charge is 2.15. The molecule has 2 nitrogen and oxygen atoms in total. The number of benzene rings is 1. The fraction of sp³-hybridized carbons (Fsp3) is 0.600. The van der Waals surface area contributed by atoms with E-state index in [1.807, 2.05) is 0 Å². The summed E-state index contributed by atoms with van der Waals surface area (Å²) < 4.78 is 0. The van der Waals surface area contributed by atoms with E-state index in [1.165, 1.54) is 30.5 Å². The lowest BCUT2D eigenvalue weighted by molar-refractivity contribution is 0.461. The maximum absolute atomic E-state index is 5.69. The minimum atomic E-state index is 0.578. The molecule has 2 rings (SSSR count). The van der Waals surface area contributed by atoms with Crippen LogP contribution in [-0.4, -0.2) is 19.6 Å². The highest BCUT2D eigenvalue weighted by atomic mass is 14.9. The van der Waals surface area contributed by atoms with Gasteiger partial charge in [0.2, 0.25) is 0 Å². The van der Waals surface area contributed by atoms with E-state index in [0.29, 0.717) is 11.8 Å². The molecule has 1 aromatic rings. The Morgan fingerprint density at radius 3 is 3.06 bits per heavy atom. The van der Waals surface area contributed by atoms with Crippen LogP contribution >= 0.6 is 0 Å². The number of hydrogen-bond acceptors (Lipinski definition) is 2. The second-order valence-electron chi connectivity index (χ2n) is 5.33. The third-order valence-electron chi connectivity index (χ3n) is 3.71. The van der Waals surface area contributed by atoms with Gasteiger partial charge in [0.1, 0.15) is 0 Å². The van der Waals surface area contributed by atoms with Gasteiger partial charge in [-0.05, 0) is 55.3 Å². The largest absolute Gasteiger partial charge is 0.330 e. The lowest BCUT2D eigenvalue weighted by atomic mass is 9.89. The predicted molar refractivity (Wildman–Crippen MR) is 73.2 cm³/mol. The van der Waals surface area contributed by atoms with Crippen molar-refractivity contribution >= 4 is 0 Å². The maximum atomic E-state index is 5.69. The molecule has 1 saturated heterocycles. The van der Waals surface area contributed by atoms with Gasteiger partial charge >= 0.3 is 0 Å². The highest BCUT2D eigenvalue weighted by molar-refractivity contribution is 5.27. The molecule has 0 aliphatic carbocycles. The number of rotatable bonds is 4. The minimum absolute atomic E-state index is 0.578. The van der Waals surface area contributed by atoms with E-state index >= 15 is 0 Å². The van der Waals surface area contributed by atoms with E-state index in [2.05, 4.69) is 36.5 Å². The first kappa shape index (κ1) is 12.6. The Morgan fingerprint density at radius 2 is 2.35 bits per heavy atom. The molecule has 1 aliphatic rings. The molecular weight excluding hydrogens is 208 g/mol. The SMILES string of the molecule is CC(CN)Cc1cccc(C2CCCNC2)c1. The van der Waals surface area contributed by atoms with E-state index in [4.69, 9.17) is 5.73 Å². The number of nitrogens with two attached hydrogens (primary N) is 1. The van der Waals surface area contributed by atoms with Crippen LogP contribution in [0.3, 0.4) is 0 Å². The molecule has 0 saturated carbocycles. The van der Waals surface area contributed by atoms with Crippen molar-refractivity contribution < 1.29 is 0 Å². The van der Waals surface area contributed by atoms with Gasteiger partial charge in [-0.15, -0.1) is 0 Å². The number of nitrogens with one attached hydrogen (secondary N) is 1. The molecule has 2 unspecified atom stereocenters. The van der Waals surface area contributed by atoms with E-state index in [-0.39, 0.29) is 0 Å². The summed E-state index contributed by atoms with van der Waals surface area (Å²) in [7, 11) is 0. The molecule has 0 amide bonds. The summed E-state index contributed by atoms with van der Waals surface area (Å²) in [5, 5.41) is 3.48. The first-order valence-electron chi connectivity index (χ1n) is 6.79. The first-order valence-corrected chi connectivity index (χ1v) is 6.79. The third kappa shape index (κ3) is 3.55. The van der Waals surface area contributed by atoms with Gasteiger partial charge in [0.05, 0.1) is 0 Å². The molecule has 1 heterocycles. The summed E-state index contributed by atoms with van der Waals surface area (Å²) in [6.07, 6.45) is 3.72. The molecule has 1 fully saturated rings. The Morgan fingerprint density at radius 1 is 1.47 bits per heavy atom. The Hall–Kier alpha value is -0.860. The van der Waals surface area contributed by atoms with Gasteiger partial charge in [0.25, 0.3) is 0 Å². The second kappa shape index (κ2) is 6.18. The van der Waals surface area contributed by atoms with Crippen molar-refractivity contribution in [1.29, 1.82) is 0 Å². The van der Waals surface area contributed by atoms with E-state index in [0.717, 1.165) is 19.5 Å². The van der Waals surface area contributed by atoms with Crippen molar-refractivity contribution in [1.82, 2.24) is 5.32 Å². The van der Waals surface area contributed by atoms with Gasteiger partial charge in [-0.2, -0.15) is 0 Å². The van der Waals surface area contributed by atoms with Gasteiger partial charge in [0.15, 0.2) is 0 Å². The lowest BCUT2D eigenvalue weighted by Gasteiger charge is -2.23. The molecule has 0 radical (unpaired) electrons. The molecule has 0 spiro atoms. The Kier molecular flexibility index (Phi) is 4.57. The molecule has 0 bridgehead atoms. The maximum Gasteiger partial charge on any atom is 0.00201 e. The summed E-state index contributed by atoms with van der Waals surface area (Å²) in [6, 6.07) is 9.08. The fourth-order valence-corrected chi connectivity index (χ4v) is 2.60. The number of hydrogen-bond donors (Lipinski definition) is 2. The smallest absolute Gasteiger partial charge is 0.00201 e. The zero-order valence-corrected chi connectivity index (χ0v) is 10.8. The summed E-state index contributed by atoms with van der Waals surface area (Å²) in [5.41, 5.74) is 8.63. The van der Waals surface area contributed by atoms with Gasteiger partial charge in [-0.25, -0.2) is 0 Å². The molecule has 1 aliphatic heterocycles. The van der Waals surface area contributed by atoms with Crippen molar-refractivity contribution in [2.45, 2.75) is 32.1 Å². The highest BCUT2D eigenvalue weighted by Crippen LogP contribution is 2.24. The summed E-state index contributed by atoms with van der Waals surface area (Å²) >= 11 is 0. The van der Waals surface area contributed by atoms with Crippen molar-refractivity contribution in [2.75, 3.05) is 19.6 Å². The van der Waals surface area contributed by atoms with E-state index in [1.54, 1.807) is 0 Å². The van der Waals surface area contributed by atoms with Gasteiger partial charge in [-0.3, -0.25) is 0 Å². The van der Waals surface area contributed by atoms with Crippen LogP contribution < -0.4 is 11.1 Å². The van der Waals surface area contributed by atoms with Gasteiger partial charge in [0, 0.05) is 6.54 Å². The third-order valence-corrected chi connectivity index (χ3v) is 3.71. The van der Waals surface area contributed by atoms with Crippen molar-refractivity contribution in [3.05, 3.63) is 35.4 Å². The molecule has 3 N–H and O–H groups in total. The van der Waals surface area contributed by atoms with Crippen LogP contribution in [0, 0.1) is 5.92 Å². The van der Waals surface area contributed by atoms with Gasteiger partial charge < -0.3 is 11.1 Å². The van der Waals surface area contributed by atoms with Crippen LogP contribution in [0.5, 0.6) is 0 Å². The minimum Gasteiger partial charge on any atom is -0.330 e. The van der Waals surface area contributed by atoms with E-state index < -0.39 is 0 Å². The van der Waals surface area contributed by atoms with Crippen molar-refractivity contribution in [3.8, 4) is 0 Å². The van der Waals surface area contributed by atoms with Crippen molar-refractivity contribution in [2.24, 2.45) is 11.7 Å². The second-order valence-corrected chi connectivity index (χ2v) is 5.33. The fourth-order valence-electron chi connectivity index (χ4n) is 2.60. The lowest BCUT2D eigenvalue weighted by Crippen LogP contribution is -2.28. The Balaban J connectivity index is 2.05. The summed E-state index contributed by atoms with van der Waals surface area (Å²) in [4.78, 5) is 0. The summed E-state index contributed by atoms with van der Waals surface area (Å²) in [5.74, 6) is 1.28. The average molecular weight is 232 g/mol. The zero-order valence-electron chi connectivity index (χ0n) is 10.8. The molecular formula is C15H24N2. The van der Waals surface area contributed by atoms with Crippen LogP contribution in [0.25, 0.3) is 0 Å². The van der Waals surface area contributed by atoms with Crippen LogP contribution in [0.15, 0.2) is 24.3 Å². The Labute approximate surface area is 105 Å². The quantitative estimate of drug-likeness (QED) is 0.836. The van der Waals surface area contributed by atoms with Crippen LogP contribution in [0.1, 0.15) is 36.8 Å². The van der Waals surface area contributed by atoms with Crippen LogP contribution in [0.4, 0.5) is 0 Å². The number of piperidine rings is 1. The molecule has 17 heavy (non-hydrogen) atoms. The van der Waals surface area contributed by atoms with Crippen LogP contribution in [0.2, 0.25) is 0 Å². The standard InChI is InChI=1S/C15H24N2/c1-12(10-16)8-13-4-2-5-14(9-13)15-6-3-7-17-11-15/h2,4-5,9,12,15,17H,3,6-8,10-11,16H2,1H3. The normalized spacial score (nSPS) is 22.4. The van der Waals surface area contributed by atoms with Crippen molar-refractivity contribution in [3.63, 3.8) is 0 Å². The van der Waals surface area contributed by atoms with Crippen LogP contribution in [-0.2, 0) is 6.42 Å². The molecule has 2 atom stereocenters. The topological polar surface area (TPSA) is 38.0 Å². The monoisotopic (exact) mass is 232 g/mol. The molecule has 0 aromatic heterocycles. The van der Waals surface area contributed by atoms with Gasteiger partial charge in [-0.1, -0.05) is 31.2 Å². The zero-order chi connectivity index (χ0) is 12.1. The van der Waals surface area contributed by atoms with E-state index in [9.17, 15) is 0 Å². The first-order chi connectivity index (χ1) is 8.29. The molecule has 2 heteroatoms. The summed E-state index contributed by atoms with van der Waals surface area (Å²) in [6.45, 7) is 5.31. The predicted octanol–water partition coefficient (Wildman–Crippen LogP) is 2.29. The molecule has 1 aromatic carbocycles. The Bertz CT molecular complexity index is 343.